The zero-order valence-corrected chi connectivity index (χ0v) is 32.2. The van der Waals surface area contributed by atoms with Crippen molar-refractivity contribution in [2.75, 3.05) is 0 Å². The number of hydrogen-bond donors (Lipinski definition) is 2. The third-order valence-corrected chi connectivity index (χ3v) is 10.9. The largest absolute Gasteiger partial charge is 0.353 e. The molecule has 8 heterocycles. The summed E-state index contributed by atoms with van der Waals surface area (Å²) in [5, 5.41) is 4.41. The summed E-state index contributed by atoms with van der Waals surface area (Å²) in [6.07, 6.45) is 15.5. The Hall–Kier alpha value is -8.36. The van der Waals surface area contributed by atoms with Crippen LogP contribution in [0.3, 0.4) is 0 Å². The first-order valence-electron chi connectivity index (χ1n) is 19.8. The van der Waals surface area contributed by atoms with Gasteiger partial charge in [-0.3, -0.25) is 19.9 Å². The van der Waals surface area contributed by atoms with E-state index in [-0.39, 0.29) is 0 Å². The molecule has 9 aromatic rings. The fraction of sp³-hybridized carbons (Fsp3) is 0. The smallest absolute Gasteiger partial charge is 0.0894 e. The number of aromatic nitrogens is 6. The highest BCUT2D eigenvalue weighted by molar-refractivity contribution is 6.14. The number of rotatable bonds is 8. The Morgan fingerprint density at radius 2 is 0.800 bits per heavy atom. The third kappa shape index (κ3) is 6.38. The Balaban J connectivity index is 1.13. The van der Waals surface area contributed by atoms with Crippen LogP contribution in [0.2, 0.25) is 0 Å². The van der Waals surface area contributed by atoms with Crippen molar-refractivity contribution in [3.05, 3.63) is 240 Å². The lowest BCUT2D eigenvalue weighted by molar-refractivity contribution is 1.26. The van der Waals surface area contributed by atoms with Gasteiger partial charge in [-0.2, -0.15) is 0 Å². The maximum atomic E-state index is 5.20. The standard InChI is InChI=1S/C52H34N8/c1-5-27-53-39(15-1)43-19-23-47(57-43)51(48-24-20-44(58-48)40-16-2-6-28-54-40)35-13-9-11-33-31-34-12-10-14-36(38(34)32-37(33)35)52(49-25-21-45(59-49)41-17-3-7-29-55-41)50-26-22-46(60-50)42-18-4-8-30-56-42/h1-32,57,59H/b51-48-,52-50-. The van der Waals surface area contributed by atoms with Gasteiger partial charge in [-0.05, 0) is 142 Å². The molecular weight excluding hydrogens is 737 g/mol. The number of H-pyrrole nitrogens is 2. The summed E-state index contributed by atoms with van der Waals surface area (Å²) in [5.41, 5.74) is 14.5. The van der Waals surface area contributed by atoms with Gasteiger partial charge in [0.1, 0.15) is 0 Å². The molecule has 6 aromatic heterocycles. The number of allylic oxidation sites excluding steroid dienone is 4. The first kappa shape index (κ1) is 34.9. The van der Waals surface area contributed by atoms with Crippen molar-refractivity contribution in [3.8, 4) is 22.8 Å². The average molecular weight is 771 g/mol. The van der Waals surface area contributed by atoms with Gasteiger partial charge in [0, 0.05) is 47.3 Å². The van der Waals surface area contributed by atoms with Crippen molar-refractivity contribution in [2.45, 2.75) is 0 Å². The van der Waals surface area contributed by atoms with Crippen molar-refractivity contribution in [2.24, 2.45) is 9.98 Å². The Kier molecular flexibility index (Phi) is 8.63. The van der Waals surface area contributed by atoms with Crippen molar-refractivity contribution in [1.82, 2.24) is 29.9 Å². The van der Waals surface area contributed by atoms with Gasteiger partial charge in [0.05, 0.1) is 57.0 Å². The summed E-state index contributed by atoms with van der Waals surface area (Å²) >= 11 is 0. The zero-order valence-electron chi connectivity index (χ0n) is 32.2. The van der Waals surface area contributed by atoms with E-state index in [0.29, 0.717) is 0 Å². The quantitative estimate of drug-likeness (QED) is 0.150. The van der Waals surface area contributed by atoms with E-state index < -0.39 is 0 Å². The van der Waals surface area contributed by atoms with Crippen molar-refractivity contribution in [1.29, 1.82) is 0 Å². The molecule has 2 aliphatic rings. The highest BCUT2D eigenvalue weighted by Crippen LogP contribution is 2.40. The molecule has 2 aliphatic heterocycles. The van der Waals surface area contributed by atoms with Crippen LogP contribution in [0.15, 0.2) is 216 Å². The van der Waals surface area contributed by atoms with E-state index in [0.717, 1.165) is 112 Å². The van der Waals surface area contributed by atoms with Gasteiger partial charge in [0.15, 0.2) is 0 Å². The minimum Gasteiger partial charge on any atom is -0.353 e. The van der Waals surface area contributed by atoms with Crippen molar-refractivity contribution < 1.29 is 0 Å². The van der Waals surface area contributed by atoms with Crippen LogP contribution in [-0.4, -0.2) is 41.3 Å². The van der Waals surface area contributed by atoms with Crippen LogP contribution >= 0.6 is 0 Å². The molecule has 3 aromatic carbocycles. The first-order valence-corrected chi connectivity index (χ1v) is 19.8. The summed E-state index contributed by atoms with van der Waals surface area (Å²) in [6.45, 7) is 0. The Bertz CT molecular complexity index is 3060. The number of nitrogens with zero attached hydrogens (tertiary/aromatic N) is 6. The number of aromatic amines is 2. The number of nitrogens with one attached hydrogen (secondary N) is 2. The average Bonchev–Trinajstić information content (AvgIpc) is 4.17. The summed E-state index contributed by atoms with van der Waals surface area (Å²) in [7, 11) is 0. The lowest BCUT2D eigenvalue weighted by Crippen LogP contribution is -1.98. The number of pyridine rings is 4. The van der Waals surface area contributed by atoms with E-state index in [1.807, 2.05) is 97.3 Å². The molecule has 0 amide bonds. The molecule has 0 unspecified atom stereocenters. The molecule has 0 atom stereocenters. The molecule has 8 heteroatoms. The Morgan fingerprint density at radius 3 is 1.22 bits per heavy atom. The molecule has 0 spiro atoms. The van der Waals surface area contributed by atoms with Crippen LogP contribution in [0.25, 0.3) is 55.5 Å². The molecule has 0 radical (unpaired) electrons. The summed E-state index contributed by atoms with van der Waals surface area (Å²) in [4.78, 5) is 36.3. The highest BCUT2D eigenvalue weighted by atomic mass is 14.9. The number of hydrogen-bond acceptors (Lipinski definition) is 6. The van der Waals surface area contributed by atoms with Crippen molar-refractivity contribution >= 4 is 44.1 Å². The van der Waals surface area contributed by atoms with E-state index >= 15 is 0 Å². The minimum atomic E-state index is 0.815. The normalized spacial score (nSPS) is 15.1. The second kappa shape index (κ2) is 14.9. The molecule has 0 saturated heterocycles. The Labute approximate surface area is 345 Å². The molecule has 8 nitrogen and oxygen atoms in total. The molecule has 282 valence electrons. The SMILES string of the molecule is C1=C/C(=C(/c2ccc(-c3ccccn3)[nH]2)c2cccc3cc4cccc(/C(=C5\C=CC(c6ccccn6)=N5)c5ccc(-c6ccccn6)[nH]5)c4cc23)N=C1c1ccccn1. The fourth-order valence-electron chi connectivity index (χ4n) is 8.07. The second-order valence-corrected chi connectivity index (χ2v) is 14.5. The lowest BCUT2D eigenvalue weighted by Gasteiger charge is -2.16. The van der Waals surface area contributed by atoms with Crippen LogP contribution in [0, 0.1) is 0 Å². The van der Waals surface area contributed by atoms with E-state index in [1.54, 1.807) is 12.4 Å². The van der Waals surface area contributed by atoms with E-state index in [4.69, 9.17) is 9.98 Å². The molecule has 11 rings (SSSR count). The van der Waals surface area contributed by atoms with E-state index in [9.17, 15) is 0 Å². The van der Waals surface area contributed by atoms with E-state index in [2.05, 4.69) is 115 Å². The predicted molar refractivity (Wildman–Crippen MR) is 241 cm³/mol. The maximum absolute atomic E-state index is 5.20. The molecule has 0 saturated carbocycles. The summed E-state index contributed by atoms with van der Waals surface area (Å²) in [6, 6.07) is 49.7. The zero-order chi connectivity index (χ0) is 39.8. The predicted octanol–water partition coefficient (Wildman–Crippen LogP) is 11.2. The second-order valence-electron chi connectivity index (χ2n) is 14.5. The van der Waals surface area contributed by atoms with E-state index in [1.165, 1.54) is 0 Å². The van der Waals surface area contributed by atoms with Crippen LogP contribution < -0.4 is 0 Å². The monoisotopic (exact) mass is 770 g/mol. The van der Waals surface area contributed by atoms with Gasteiger partial charge >= 0.3 is 0 Å². The maximum Gasteiger partial charge on any atom is 0.0894 e. The van der Waals surface area contributed by atoms with Gasteiger partial charge in [-0.25, -0.2) is 9.98 Å². The topological polar surface area (TPSA) is 108 Å². The summed E-state index contributed by atoms with van der Waals surface area (Å²) in [5.74, 6) is 0. The molecule has 2 N–H and O–H groups in total. The van der Waals surface area contributed by atoms with Crippen LogP contribution in [0.5, 0.6) is 0 Å². The van der Waals surface area contributed by atoms with Crippen LogP contribution in [-0.2, 0) is 0 Å². The number of benzene rings is 3. The molecule has 0 fully saturated rings. The van der Waals surface area contributed by atoms with Gasteiger partial charge in [-0.1, -0.05) is 60.7 Å². The minimum absolute atomic E-state index is 0.815. The van der Waals surface area contributed by atoms with Gasteiger partial charge in [0.25, 0.3) is 0 Å². The fourth-order valence-corrected chi connectivity index (χ4v) is 8.07. The van der Waals surface area contributed by atoms with Crippen molar-refractivity contribution in [3.63, 3.8) is 0 Å². The van der Waals surface area contributed by atoms with Crippen LogP contribution in [0.4, 0.5) is 0 Å². The number of aliphatic imine (C=N–C) groups is 2. The highest BCUT2D eigenvalue weighted by Gasteiger charge is 2.23. The number of fused-ring (bicyclic) bond motifs is 2. The third-order valence-electron chi connectivity index (χ3n) is 10.9. The Morgan fingerprint density at radius 1 is 0.367 bits per heavy atom. The first-order chi connectivity index (χ1) is 29.7. The summed E-state index contributed by atoms with van der Waals surface area (Å²) < 4.78 is 0. The molecule has 0 bridgehead atoms. The lowest BCUT2D eigenvalue weighted by atomic mass is 9.89. The van der Waals surface area contributed by atoms with Gasteiger partial charge < -0.3 is 9.97 Å². The van der Waals surface area contributed by atoms with Gasteiger partial charge in [0.2, 0.25) is 0 Å². The molecule has 0 aliphatic carbocycles. The molecular formula is C52H34N8. The van der Waals surface area contributed by atoms with Gasteiger partial charge in [-0.15, -0.1) is 0 Å². The van der Waals surface area contributed by atoms with Crippen LogP contribution in [0.1, 0.15) is 33.9 Å². The molecule has 60 heavy (non-hydrogen) atoms.